The molecular weight excluding hydrogens is 443 g/mol. The van der Waals surface area contributed by atoms with Crippen LogP contribution in [0.1, 0.15) is 29.4 Å². The van der Waals surface area contributed by atoms with Crippen molar-refractivity contribution in [2.24, 2.45) is 0 Å². The number of ether oxygens (including phenoxy) is 2. The zero-order valence-corrected chi connectivity index (χ0v) is 16.3. The minimum absolute atomic E-state index is 0.250. The number of pyridine rings is 2. The number of hydrogen-bond acceptors (Lipinski definition) is 6. The number of esters is 2. The van der Waals surface area contributed by atoms with Crippen molar-refractivity contribution in [1.29, 1.82) is 0 Å². The second-order valence-electron chi connectivity index (χ2n) is 5.70. The lowest BCUT2D eigenvalue weighted by atomic mass is 10.2. The first kappa shape index (κ1) is 22.8. The predicted molar refractivity (Wildman–Crippen MR) is 94.0 cm³/mol. The van der Waals surface area contributed by atoms with Crippen molar-refractivity contribution in [3.05, 3.63) is 45.4 Å². The minimum atomic E-state index is -4.70. The van der Waals surface area contributed by atoms with Crippen LogP contribution in [0.3, 0.4) is 0 Å². The van der Waals surface area contributed by atoms with Gasteiger partial charge in [0.1, 0.15) is 17.5 Å². The lowest BCUT2D eigenvalue weighted by Gasteiger charge is -2.14. The molecule has 6 nitrogen and oxygen atoms in total. The van der Waals surface area contributed by atoms with Gasteiger partial charge in [-0.25, -0.2) is 14.2 Å². The van der Waals surface area contributed by atoms with Gasteiger partial charge in [-0.1, -0.05) is 23.2 Å². The van der Waals surface area contributed by atoms with E-state index in [1.165, 1.54) is 6.92 Å². The maximum atomic E-state index is 14.3. The Bertz CT molecular complexity index is 954. The normalized spacial score (nSPS) is 12.4. The standard InChI is InChI=1S/C17H12Cl2F4N2O4/c1-7(3-12(26)28-2)29-16(27)14-10(19)5-11(20)15(25-14)13-9(18)4-8(6-24-13)17(21,22)23/h4-7H,3H2,1-2H3. The Hall–Kier alpha value is -2.46. The molecule has 0 N–H and O–H groups in total. The van der Waals surface area contributed by atoms with E-state index < -0.39 is 62.7 Å². The number of halogens is 6. The lowest BCUT2D eigenvalue weighted by Crippen LogP contribution is -2.20. The molecule has 1 atom stereocenters. The smallest absolute Gasteiger partial charge is 0.417 e. The van der Waals surface area contributed by atoms with E-state index >= 15 is 0 Å². The third kappa shape index (κ3) is 5.54. The first-order chi connectivity index (χ1) is 13.4. The van der Waals surface area contributed by atoms with E-state index in [9.17, 15) is 27.2 Å². The summed E-state index contributed by atoms with van der Waals surface area (Å²) < 4.78 is 62.0. The van der Waals surface area contributed by atoms with Crippen molar-refractivity contribution < 1.29 is 36.6 Å². The summed E-state index contributed by atoms with van der Waals surface area (Å²) in [6.07, 6.45) is -5.41. The highest BCUT2D eigenvalue weighted by Gasteiger charge is 2.32. The van der Waals surface area contributed by atoms with E-state index in [1.54, 1.807) is 0 Å². The van der Waals surface area contributed by atoms with Gasteiger partial charge >= 0.3 is 18.1 Å². The second-order valence-corrected chi connectivity index (χ2v) is 6.51. The molecule has 0 spiro atoms. The highest BCUT2D eigenvalue weighted by Crippen LogP contribution is 2.35. The topological polar surface area (TPSA) is 78.4 Å². The monoisotopic (exact) mass is 454 g/mol. The number of hydrogen-bond donors (Lipinski definition) is 0. The summed E-state index contributed by atoms with van der Waals surface area (Å²) in [4.78, 5) is 30.7. The summed E-state index contributed by atoms with van der Waals surface area (Å²) in [6.45, 7) is 1.40. The van der Waals surface area contributed by atoms with E-state index in [4.69, 9.17) is 27.9 Å². The van der Waals surface area contributed by atoms with Gasteiger partial charge in [0.25, 0.3) is 0 Å². The van der Waals surface area contributed by atoms with Crippen LogP contribution in [0.25, 0.3) is 11.4 Å². The molecule has 0 radical (unpaired) electrons. The number of nitrogens with zero attached hydrogens (tertiary/aromatic N) is 2. The third-order valence-corrected chi connectivity index (χ3v) is 4.08. The van der Waals surface area contributed by atoms with Gasteiger partial charge in [0.05, 0.1) is 29.1 Å². The van der Waals surface area contributed by atoms with Gasteiger partial charge < -0.3 is 9.47 Å². The number of aromatic nitrogens is 2. The molecule has 0 aliphatic rings. The molecule has 1 unspecified atom stereocenters. The Morgan fingerprint density at radius 2 is 1.83 bits per heavy atom. The average Bonchev–Trinajstić information content (AvgIpc) is 2.61. The van der Waals surface area contributed by atoms with Crippen molar-refractivity contribution >= 4 is 35.1 Å². The van der Waals surface area contributed by atoms with E-state index in [1.807, 2.05) is 0 Å². The number of alkyl halides is 3. The summed E-state index contributed by atoms with van der Waals surface area (Å²) in [7, 11) is 1.16. The van der Waals surface area contributed by atoms with Gasteiger partial charge in [-0.15, -0.1) is 0 Å². The molecule has 12 heteroatoms. The van der Waals surface area contributed by atoms with Gasteiger partial charge in [-0.2, -0.15) is 13.2 Å². The quantitative estimate of drug-likeness (QED) is 0.480. The number of rotatable bonds is 5. The van der Waals surface area contributed by atoms with Crippen LogP contribution in [0.2, 0.25) is 10.0 Å². The van der Waals surface area contributed by atoms with Crippen LogP contribution in [0.5, 0.6) is 0 Å². The Morgan fingerprint density at radius 1 is 1.17 bits per heavy atom. The van der Waals surface area contributed by atoms with E-state index in [2.05, 4.69) is 14.7 Å². The first-order valence-corrected chi connectivity index (χ1v) is 8.56. The third-order valence-electron chi connectivity index (χ3n) is 3.51. The molecule has 0 aromatic carbocycles. The van der Waals surface area contributed by atoms with Crippen LogP contribution in [-0.4, -0.2) is 35.1 Å². The van der Waals surface area contributed by atoms with E-state index in [-0.39, 0.29) is 6.42 Å². The van der Waals surface area contributed by atoms with Crippen LogP contribution in [-0.2, 0) is 20.4 Å². The zero-order valence-electron chi connectivity index (χ0n) is 14.8. The van der Waals surface area contributed by atoms with Gasteiger partial charge in [-0.3, -0.25) is 9.78 Å². The molecule has 2 aromatic rings. The highest BCUT2D eigenvalue weighted by atomic mass is 35.5. The fraction of sp³-hybridized carbons (Fsp3) is 0.294. The maximum Gasteiger partial charge on any atom is 0.417 e. The van der Waals surface area contributed by atoms with E-state index in [0.29, 0.717) is 12.3 Å². The average molecular weight is 455 g/mol. The van der Waals surface area contributed by atoms with Crippen LogP contribution >= 0.6 is 23.2 Å². The molecule has 29 heavy (non-hydrogen) atoms. The number of methoxy groups -OCH3 is 1. The van der Waals surface area contributed by atoms with E-state index in [0.717, 1.165) is 13.2 Å². The van der Waals surface area contributed by atoms with Gasteiger partial charge in [0.15, 0.2) is 11.5 Å². The lowest BCUT2D eigenvalue weighted by molar-refractivity contribution is -0.142. The highest BCUT2D eigenvalue weighted by molar-refractivity contribution is 6.34. The fourth-order valence-corrected chi connectivity index (χ4v) is 2.61. The summed E-state index contributed by atoms with van der Waals surface area (Å²) in [5.74, 6) is -2.79. The molecule has 2 heterocycles. The van der Waals surface area contributed by atoms with Crippen LogP contribution < -0.4 is 0 Å². The molecule has 0 saturated carbocycles. The molecular formula is C17H12Cl2F4N2O4. The fourth-order valence-electron chi connectivity index (χ4n) is 2.14. The molecule has 156 valence electrons. The summed E-state index contributed by atoms with van der Waals surface area (Å²) in [5.41, 5.74) is -2.69. The second kappa shape index (κ2) is 8.91. The van der Waals surface area contributed by atoms with Crippen molar-refractivity contribution in [2.45, 2.75) is 25.6 Å². The SMILES string of the molecule is COC(=O)CC(C)OC(=O)c1nc(-c2ncc(C(F)(F)F)cc2Cl)c(F)cc1Cl. The number of carbonyl (C=O) groups excluding carboxylic acids is 2. The molecule has 0 saturated heterocycles. The molecule has 0 fully saturated rings. The summed E-state index contributed by atoms with van der Waals surface area (Å²) in [5, 5.41) is -0.948. The zero-order chi connectivity index (χ0) is 21.9. The molecule has 0 bridgehead atoms. The minimum Gasteiger partial charge on any atom is -0.469 e. The van der Waals surface area contributed by atoms with Crippen LogP contribution in [0.15, 0.2) is 18.3 Å². The summed E-state index contributed by atoms with van der Waals surface area (Å²) >= 11 is 11.6. The van der Waals surface area contributed by atoms with Gasteiger partial charge in [0, 0.05) is 6.20 Å². The molecule has 2 rings (SSSR count). The Kier molecular flexibility index (Phi) is 7.02. The molecule has 0 amide bonds. The number of carbonyl (C=O) groups is 2. The molecule has 0 aliphatic carbocycles. The van der Waals surface area contributed by atoms with Crippen molar-refractivity contribution in [1.82, 2.24) is 9.97 Å². The molecule has 0 aliphatic heterocycles. The van der Waals surface area contributed by atoms with Crippen LogP contribution in [0, 0.1) is 5.82 Å². The van der Waals surface area contributed by atoms with Gasteiger partial charge in [0.2, 0.25) is 0 Å². The van der Waals surface area contributed by atoms with Crippen molar-refractivity contribution in [3.8, 4) is 11.4 Å². The largest absolute Gasteiger partial charge is 0.469 e. The predicted octanol–water partition coefficient (Wildman–Crippen LogP) is 4.72. The van der Waals surface area contributed by atoms with Crippen molar-refractivity contribution in [2.75, 3.05) is 7.11 Å². The maximum absolute atomic E-state index is 14.3. The Labute approximate surface area is 171 Å². The summed E-state index contributed by atoms with van der Waals surface area (Å²) in [6, 6.07) is 1.27. The Morgan fingerprint density at radius 3 is 2.38 bits per heavy atom. The Balaban J connectivity index is 2.39. The van der Waals surface area contributed by atoms with Gasteiger partial charge in [-0.05, 0) is 19.1 Å². The van der Waals surface area contributed by atoms with Crippen molar-refractivity contribution in [3.63, 3.8) is 0 Å². The first-order valence-electron chi connectivity index (χ1n) is 7.81. The molecule has 2 aromatic heterocycles. The van der Waals surface area contributed by atoms with Crippen LogP contribution in [0.4, 0.5) is 17.6 Å².